The Kier molecular flexibility index (Phi) is 40.0. The van der Waals surface area contributed by atoms with Gasteiger partial charge >= 0.3 is 11.9 Å². The molecule has 2 fully saturated rings. The summed E-state index contributed by atoms with van der Waals surface area (Å²) in [6, 6.07) is 0. The molecular formula is C59H96O15. The number of ether oxygens (including phenoxy) is 6. The van der Waals surface area contributed by atoms with Crippen LogP contribution in [-0.2, 0) is 38.0 Å². The van der Waals surface area contributed by atoms with Crippen molar-refractivity contribution in [2.75, 3.05) is 26.4 Å². The summed E-state index contributed by atoms with van der Waals surface area (Å²) in [7, 11) is 0. The first kappa shape index (κ1) is 66.5. The molecule has 11 atom stereocenters. The molecule has 0 radical (unpaired) electrons. The zero-order valence-corrected chi connectivity index (χ0v) is 44.8. The molecule has 2 aliphatic heterocycles. The first-order chi connectivity index (χ1) is 36.0. The van der Waals surface area contributed by atoms with Crippen molar-refractivity contribution in [1.29, 1.82) is 0 Å². The lowest BCUT2D eigenvalue weighted by atomic mass is 9.98. The molecule has 2 aliphatic rings. The van der Waals surface area contributed by atoms with Gasteiger partial charge in [-0.1, -0.05) is 169 Å². The highest BCUT2D eigenvalue weighted by Crippen LogP contribution is 2.26. The van der Waals surface area contributed by atoms with E-state index < -0.39 is 99.3 Å². The Morgan fingerprint density at radius 2 is 0.878 bits per heavy atom. The van der Waals surface area contributed by atoms with Crippen LogP contribution in [-0.4, -0.2) is 142 Å². The molecule has 15 nitrogen and oxygen atoms in total. The number of hydrogen-bond acceptors (Lipinski definition) is 15. The molecule has 0 aliphatic carbocycles. The van der Waals surface area contributed by atoms with Gasteiger partial charge in [-0.15, -0.1) is 0 Å². The number of unbranched alkanes of at least 4 members (excludes halogenated alkanes) is 12. The quantitative estimate of drug-likeness (QED) is 0.0172. The van der Waals surface area contributed by atoms with Gasteiger partial charge in [0.1, 0.15) is 55.4 Å². The molecule has 11 unspecified atom stereocenters. The lowest BCUT2D eigenvalue weighted by molar-refractivity contribution is -0.332. The summed E-state index contributed by atoms with van der Waals surface area (Å²) in [4.78, 5) is 25.8. The minimum atomic E-state index is -1.78. The van der Waals surface area contributed by atoms with Crippen molar-refractivity contribution in [2.24, 2.45) is 0 Å². The van der Waals surface area contributed by atoms with Gasteiger partial charge in [-0.25, -0.2) is 0 Å². The molecule has 422 valence electrons. The van der Waals surface area contributed by atoms with Crippen LogP contribution in [0.1, 0.15) is 168 Å². The van der Waals surface area contributed by atoms with E-state index in [9.17, 15) is 45.3 Å². The lowest BCUT2D eigenvalue weighted by Crippen LogP contribution is -2.61. The van der Waals surface area contributed by atoms with Crippen LogP contribution >= 0.6 is 0 Å². The molecule has 2 saturated heterocycles. The van der Waals surface area contributed by atoms with E-state index in [-0.39, 0.29) is 19.4 Å². The molecule has 0 aromatic carbocycles. The van der Waals surface area contributed by atoms with Crippen LogP contribution < -0.4 is 0 Å². The Balaban J connectivity index is 1.81. The zero-order valence-electron chi connectivity index (χ0n) is 44.8. The van der Waals surface area contributed by atoms with Crippen molar-refractivity contribution in [3.8, 4) is 0 Å². The average molecular weight is 1050 g/mol. The lowest BCUT2D eigenvalue weighted by Gasteiger charge is -2.42. The van der Waals surface area contributed by atoms with Gasteiger partial charge in [0, 0.05) is 12.8 Å². The maximum absolute atomic E-state index is 13.0. The molecular weight excluding hydrogens is 949 g/mol. The number of aliphatic hydroxyl groups is 7. The van der Waals surface area contributed by atoms with Crippen molar-refractivity contribution < 1.29 is 73.8 Å². The van der Waals surface area contributed by atoms with E-state index in [1.807, 2.05) is 12.2 Å². The van der Waals surface area contributed by atoms with Gasteiger partial charge in [0.15, 0.2) is 18.7 Å². The number of carbonyl (C=O) groups is 2. The van der Waals surface area contributed by atoms with Gasteiger partial charge in [0.05, 0.1) is 19.8 Å². The zero-order chi connectivity index (χ0) is 53.9. The Bertz CT molecular complexity index is 1650. The summed E-state index contributed by atoms with van der Waals surface area (Å²) in [6.07, 6.45) is 40.1. The fraction of sp³-hybridized carbons (Fsp3) is 0.695. The molecule has 2 rings (SSSR count). The molecule has 0 bridgehead atoms. The standard InChI is InChI=1S/C59H96O15/c1-3-5-7-9-11-13-15-17-19-21-23-25-27-29-31-33-35-37-39-41-50(61)69-44-47(72-51(62)42-40-38-36-34-32-30-28-26-24-22-20-18-16-14-12-10-8-6-4-2)45-70-58-57(68)55(66)53(64)49(74-58)46-71-59-56(67)54(65)52(63)48(43-60)73-59/h6,8,11-14,17-20,24,26,30,32,36,38,47-49,52-60,63-68H,3-5,7,9-10,15-16,21-23,25,27-29,31,33-35,37,39-46H2,1-2H3/b8-6-,13-11-,14-12-,19-17-,20-18-,26-24-,32-30-,38-36-. The van der Waals surface area contributed by atoms with Crippen molar-refractivity contribution in [3.05, 3.63) is 97.2 Å². The van der Waals surface area contributed by atoms with Crippen molar-refractivity contribution in [3.63, 3.8) is 0 Å². The van der Waals surface area contributed by atoms with Crippen LogP contribution in [0.4, 0.5) is 0 Å². The summed E-state index contributed by atoms with van der Waals surface area (Å²) < 4.78 is 33.5. The fourth-order valence-electron chi connectivity index (χ4n) is 8.04. The highest BCUT2D eigenvalue weighted by Gasteiger charge is 2.47. The summed E-state index contributed by atoms with van der Waals surface area (Å²) in [6.45, 7) is 2.36. The monoisotopic (exact) mass is 1040 g/mol. The number of hydrogen-bond donors (Lipinski definition) is 7. The topological polar surface area (TPSA) is 231 Å². The van der Waals surface area contributed by atoms with E-state index >= 15 is 0 Å². The summed E-state index contributed by atoms with van der Waals surface area (Å²) in [5, 5.41) is 72.2. The predicted octanol–water partition coefficient (Wildman–Crippen LogP) is 8.93. The highest BCUT2D eigenvalue weighted by atomic mass is 16.7. The molecule has 0 spiro atoms. The van der Waals surface area contributed by atoms with Gasteiger partial charge in [-0.3, -0.25) is 9.59 Å². The number of carbonyl (C=O) groups excluding carboxylic acids is 2. The Hall–Kier alpha value is -3.58. The van der Waals surface area contributed by atoms with Crippen LogP contribution in [0.2, 0.25) is 0 Å². The van der Waals surface area contributed by atoms with Gasteiger partial charge in [0.2, 0.25) is 0 Å². The largest absolute Gasteiger partial charge is 0.462 e. The normalized spacial score (nSPS) is 25.4. The maximum atomic E-state index is 13.0. The van der Waals surface area contributed by atoms with Gasteiger partial charge in [-0.05, 0) is 83.5 Å². The second-order valence-corrected chi connectivity index (χ2v) is 19.0. The van der Waals surface area contributed by atoms with Crippen LogP contribution in [0.5, 0.6) is 0 Å². The Morgan fingerprint density at radius 1 is 0.446 bits per heavy atom. The van der Waals surface area contributed by atoms with E-state index in [0.29, 0.717) is 19.3 Å². The van der Waals surface area contributed by atoms with E-state index in [1.54, 1.807) is 0 Å². The maximum Gasteiger partial charge on any atom is 0.306 e. The highest BCUT2D eigenvalue weighted by molar-refractivity contribution is 5.70. The number of esters is 2. The Labute approximate surface area is 443 Å². The van der Waals surface area contributed by atoms with Crippen LogP contribution in [0.15, 0.2) is 97.2 Å². The van der Waals surface area contributed by atoms with Crippen molar-refractivity contribution >= 4 is 11.9 Å². The molecule has 7 N–H and O–H groups in total. The number of aliphatic hydroxyl groups excluding tert-OH is 7. The van der Waals surface area contributed by atoms with E-state index in [1.165, 1.54) is 51.4 Å². The Morgan fingerprint density at radius 3 is 1.39 bits per heavy atom. The van der Waals surface area contributed by atoms with Crippen LogP contribution in [0.3, 0.4) is 0 Å². The van der Waals surface area contributed by atoms with E-state index in [0.717, 1.165) is 70.6 Å². The van der Waals surface area contributed by atoms with Crippen molar-refractivity contribution in [2.45, 2.75) is 235 Å². The third-order valence-electron chi connectivity index (χ3n) is 12.6. The first-order valence-corrected chi connectivity index (χ1v) is 27.8. The second kappa shape index (κ2) is 44.5. The third-order valence-corrected chi connectivity index (χ3v) is 12.6. The van der Waals surface area contributed by atoms with E-state index in [4.69, 9.17) is 28.4 Å². The molecule has 2 heterocycles. The molecule has 0 amide bonds. The smallest absolute Gasteiger partial charge is 0.306 e. The molecule has 0 aromatic heterocycles. The molecule has 15 heteroatoms. The van der Waals surface area contributed by atoms with E-state index in [2.05, 4.69) is 98.9 Å². The number of allylic oxidation sites excluding steroid dienone is 16. The third kappa shape index (κ3) is 31.5. The van der Waals surface area contributed by atoms with Crippen molar-refractivity contribution in [1.82, 2.24) is 0 Å². The second-order valence-electron chi connectivity index (χ2n) is 19.0. The van der Waals surface area contributed by atoms with Crippen LogP contribution in [0, 0.1) is 0 Å². The van der Waals surface area contributed by atoms with Gasteiger partial charge < -0.3 is 64.2 Å². The minimum absolute atomic E-state index is 0.0339. The molecule has 0 saturated carbocycles. The summed E-state index contributed by atoms with van der Waals surface area (Å²) in [5.74, 6) is -1.03. The summed E-state index contributed by atoms with van der Waals surface area (Å²) >= 11 is 0. The minimum Gasteiger partial charge on any atom is -0.462 e. The SMILES string of the molecule is CC/C=C\C/C=C\C/C=C\C/C=C\C/C=C\C/C=C\CCC(=O)OC(COC(=O)CCCCCCCCCCC/C=C\C/C=C\CCCCC)COC1OC(COC2OC(CO)C(O)C(O)C2O)C(O)C(O)C1O. The molecule has 0 aromatic rings. The van der Waals surface area contributed by atoms with Gasteiger partial charge in [0.25, 0.3) is 0 Å². The fourth-order valence-corrected chi connectivity index (χ4v) is 8.04. The number of rotatable bonds is 42. The molecule has 74 heavy (non-hydrogen) atoms. The van der Waals surface area contributed by atoms with Crippen LogP contribution in [0.25, 0.3) is 0 Å². The van der Waals surface area contributed by atoms with Gasteiger partial charge in [-0.2, -0.15) is 0 Å². The first-order valence-electron chi connectivity index (χ1n) is 27.8. The summed E-state index contributed by atoms with van der Waals surface area (Å²) in [5.41, 5.74) is 0. The predicted molar refractivity (Wildman–Crippen MR) is 288 cm³/mol. The average Bonchev–Trinajstić information content (AvgIpc) is 3.39.